The topological polar surface area (TPSA) is 98.1 Å². The smallest absolute Gasteiger partial charge is 0.246 e. The number of aryl methyl sites for hydroxylation is 1. The Morgan fingerprint density at radius 3 is 2.83 bits per heavy atom. The summed E-state index contributed by atoms with van der Waals surface area (Å²) in [6.45, 7) is 6.10. The zero-order chi connectivity index (χ0) is 28.2. The molecule has 1 aliphatic heterocycles. The number of pyridine rings is 1. The third kappa shape index (κ3) is 4.26. The third-order valence-electron chi connectivity index (χ3n) is 8.34. The number of rotatable bonds is 6. The maximum absolute atomic E-state index is 15.6. The number of nitrogens with one attached hydrogen (secondary N) is 1. The molecule has 2 fully saturated rings. The van der Waals surface area contributed by atoms with E-state index < -0.39 is 5.82 Å². The zero-order valence-electron chi connectivity index (χ0n) is 22.7. The van der Waals surface area contributed by atoms with E-state index in [0.717, 1.165) is 36.1 Å². The summed E-state index contributed by atoms with van der Waals surface area (Å²) in [4.78, 5) is 32.4. The van der Waals surface area contributed by atoms with Crippen molar-refractivity contribution < 1.29 is 13.9 Å². The second-order valence-electron chi connectivity index (χ2n) is 10.8. The van der Waals surface area contributed by atoms with Crippen molar-refractivity contribution in [3.8, 4) is 11.5 Å². The number of ether oxygens (including phenoxy) is 1. The Bertz CT molecular complexity index is 1850. The fourth-order valence-corrected chi connectivity index (χ4v) is 6.28. The summed E-state index contributed by atoms with van der Waals surface area (Å²) in [5.74, 6) is 1.49. The van der Waals surface area contributed by atoms with Crippen LogP contribution < -0.4 is 10.1 Å². The molecule has 10 heteroatoms. The van der Waals surface area contributed by atoms with Crippen LogP contribution in [0.3, 0.4) is 0 Å². The molecule has 41 heavy (non-hydrogen) atoms. The Labute approximate surface area is 235 Å². The van der Waals surface area contributed by atoms with Gasteiger partial charge >= 0.3 is 0 Å². The molecule has 0 unspecified atom stereocenters. The maximum Gasteiger partial charge on any atom is 0.246 e. The van der Waals surface area contributed by atoms with Gasteiger partial charge in [0.2, 0.25) is 5.91 Å². The largest absolute Gasteiger partial charge is 0.457 e. The number of hydrogen-bond donors (Lipinski definition) is 1. The lowest BCUT2D eigenvalue weighted by molar-refractivity contribution is -0.127. The van der Waals surface area contributed by atoms with Gasteiger partial charge < -0.3 is 19.5 Å². The van der Waals surface area contributed by atoms with Crippen molar-refractivity contribution in [3.63, 3.8) is 0 Å². The molecule has 4 heterocycles. The van der Waals surface area contributed by atoms with E-state index in [9.17, 15) is 4.79 Å². The molecule has 0 radical (unpaired) electrons. The minimum atomic E-state index is -0.448. The van der Waals surface area contributed by atoms with E-state index in [1.54, 1.807) is 25.4 Å². The molecule has 1 amide bonds. The molecule has 1 aliphatic carbocycles. The normalized spacial score (nSPS) is 19.7. The molecule has 0 spiro atoms. The lowest BCUT2D eigenvalue weighted by Crippen LogP contribution is -2.40. The van der Waals surface area contributed by atoms with E-state index >= 15 is 4.39 Å². The minimum Gasteiger partial charge on any atom is -0.457 e. The third-order valence-corrected chi connectivity index (χ3v) is 8.34. The van der Waals surface area contributed by atoms with Crippen LogP contribution in [0.25, 0.3) is 22.1 Å². The number of fused-ring (bicyclic) bond motifs is 4. The first-order valence-corrected chi connectivity index (χ1v) is 13.6. The number of anilines is 2. The lowest BCUT2D eigenvalue weighted by Gasteiger charge is -2.32. The summed E-state index contributed by atoms with van der Waals surface area (Å²) in [6, 6.07) is 12.9. The van der Waals surface area contributed by atoms with Gasteiger partial charge in [0.1, 0.15) is 23.3 Å². The Balaban J connectivity index is 1.16. The fraction of sp³-hybridized carbons (Fsp3) is 0.258. The molecule has 206 valence electrons. The van der Waals surface area contributed by atoms with Gasteiger partial charge in [-0.25, -0.2) is 24.3 Å². The van der Waals surface area contributed by atoms with E-state index in [0.29, 0.717) is 39.8 Å². The van der Waals surface area contributed by atoms with Gasteiger partial charge in [-0.15, -0.1) is 0 Å². The highest BCUT2D eigenvalue weighted by Gasteiger charge is 2.47. The van der Waals surface area contributed by atoms with Gasteiger partial charge in [-0.2, -0.15) is 0 Å². The number of aromatic nitrogens is 5. The van der Waals surface area contributed by atoms with Gasteiger partial charge in [-0.1, -0.05) is 6.58 Å². The van der Waals surface area contributed by atoms with E-state index in [4.69, 9.17) is 9.72 Å². The lowest BCUT2D eigenvalue weighted by atomic mass is 9.94. The molecule has 2 aliphatic rings. The number of amides is 1. The molecule has 1 N–H and O–H groups in total. The maximum atomic E-state index is 15.6. The number of nitrogens with zero attached hydrogens (tertiary/aromatic N) is 6. The number of hydrogen-bond acceptors (Lipinski definition) is 7. The number of piperidine rings is 1. The minimum absolute atomic E-state index is 0.0377. The highest BCUT2D eigenvalue weighted by molar-refractivity contribution is 5.88. The number of imidazole rings is 1. The van der Waals surface area contributed by atoms with E-state index in [1.807, 2.05) is 46.8 Å². The van der Waals surface area contributed by atoms with Gasteiger partial charge in [0.05, 0.1) is 28.6 Å². The number of benzene rings is 2. The van der Waals surface area contributed by atoms with Crippen LogP contribution >= 0.6 is 0 Å². The molecule has 1 saturated carbocycles. The van der Waals surface area contributed by atoms with Crippen molar-refractivity contribution in [2.24, 2.45) is 13.0 Å². The number of halogens is 1. The summed E-state index contributed by atoms with van der Waals surface area (Å²) >= 11 is 0. The summed E-state index contributed by atoms with van der Waals surface area (Å²) in [5, 5.41) is 3.13. The van der Waals surface area contributed by atoms with Gasteiger partial charge in [-0.05, 0) is 68.2 Å². The van der Waals surface area contributed by atoms with Crippen molar-refractivity contribution in [1.29, 1.82) is 0 Å². The highest BCUT2D eigenvalue weighted by atomic mass is 19.1. The van der Waals surface area contributed by atoms with Crippen LogP contribution in [0.2, 0.25) is 0 Å². The van der Waals surface area contributed by atoms with Crippen molar-refractivity contribution in [3.05, 3.63) is 84.8 Å². The van der Waals surface area contributed by atoms with E-state index in [1.165, 1.54) is 12.4 Å². The van der Waals surface area contributed by atoms with Crippen LogP contribution in [0, 0.1) is 18.7 Å². The highest BCUT2D eigenvalue weighted by Crippen LogP contribution is 2.47. The molecule has 2 aromatic carbocycles. The van der Waals surface area contributed by atoms with Crippen LogP contribution in [-0.4, -0.2) is 47.9 Å². The summed E-state index contributed by atoms with van der Waals surface area (Å²) in [6.07, 6.45) is 6.50. The van der Waals surface area contributed by atoms with Crippen molar-refractivity contribution in [2.75, 3.05) is 11.9 Å². The quantitative estimate of drug-likeness (QED) is 0.268. The van der Waals surface area contributed by atoms with Gasteiger partial charge in [0.25, 0.3) is 0 Å². The van der Waals surface area contributed by atoms with Crippen molar-refractivity contribution >= 4 is 39.5 Å². The van der Waals surface area contributed by atoms with Crippen molar-refractivity contribution in [2.45, 2.75) is 31.7 Å². The molecule has 5 aromatic rings. The molecule has 3 aromatic heterocycles. The molecular weight excluding hydrogens is 521 g/mol. The van der Waals surface area contributed by atoms with Crippen LogP contribution in [0.4, 0.5) is 15.9 Å². The monoisotopic (exact) mass is 549 g/mol. The first kappa shape index (κ1) is 25.1. The first-order valence-electron chi connectivity index (χ1n) is 13.6. The SMILES string of the molecule is C=CC(=O)N1C[C@H]2C[C@@H]1[C@H](c1ccc3ncnc(Nc4ccc(Oc5ccc6c(c5)ncn6C)c(C)c4F)c3n1)C2. The molecule has 2 bridgehead atoms. The van der Waals surface area contributed by atoms with E-state index in [2.05, 4.69) is 26.8 Å². The molecule has 9 nitrogen and oxygen atoms in total. The first-order chi connectivity index (χ1) is 19.9. The average molecular weight is 550 g/mol. The number of carbonyl (C=O) groups is 1. The predicted molar refractivity (Wildman–Crippen MR) is 154 cm³/mol. The zero-order valence-corrected chi connectivity index (χ0v) is 22.7. The average Bonchev–Trinajstić information content (AvgIpc) is 3.71. The summed E-state index contributed by atoms with van der Waals surface area (Å²) in [7, 11) is 1.93. The van der Waals surface area contributed by atoms with Gasteiger partial charge in [0.15, 0.2) is 11.6 Å². The fourth-order valence-electron chi connectivity index (χ4n) is 6.28. The molecule has 7 rings (SSSR count). The predicted octanol–water partition coefficient (Wildman–Crippen LogP) is 5.79. The van der Waals surface area contributed by atoms with Gasteiger partial charge in [0, 0.05) is 42.9 Å². The van der Waals surface area contributed by atoms with Crippen LogP contribution in [0.1, 0.15) is 30.0 Å². The van der Waals surface area contributed by atoms with Crippen LogP contribution in [0.15, 0.2) is 67.8 Å². The second kappa shape index (κ2) is 9.65. The Morgan fingerprint density at radius 2 is 2.00 bits per heavy atom. The van der Waals surface area contributed by atoms with Crippen molar-refractivity contribution in [1.82, 2.24) is 29.4 Å². The van der Waals surface area contributed by atoms with Gasteiger partial charge in [-0.3, -0.25) is 4.79 Å². The molecule has 1 saturated heterocycles. The second-order valence-corrected chi connectivity index (χ2v) is 10.8. The standard InChI is InChI=1S/C31H28FN7O2/c1-4-28(40)39-14-18-11-20(26(39)12-18)21-6-7-23-30(36-21)31(34-15-33-23)37-22-8-10-27(17(2)29(22)32)41-19-5-9-25-24(13-19)35-16-38(25)3/h4-10,13,15-16,18,20,26H,1,11-12,14H2,2-3H3,(H,33,34,37)/t18-,20+,26-/m1/s1. The Morgan fingerprint density at radius 1 is 1.12 bits per heavy atom. The van der Waals surface area contributed by atoms with E-state index in [-0.39, 0.29) is 23.6 Å². The number of likely N-dealkylation sites (tertiary alicyclic amines) is 1. The molecule has 3 atom stereocenters. The summed E-state index contributed by atoms with van der Waals surface area (Å²) in [5.41, 5.74) is 4.48. The number of carbonyl (C=O) groups excluding carboxylic acids is 1. The van der Waals surface area contributed by atoms with Crippen LogP contribution in [-0.2, 0) is 11.8 Å². The van der Waals surface area contributed by atoms with Crippen LogP contribution in [0.5, 0.6) is 11.5 Å². The molecular formula is C31H28FN7O2. The Hall–Kier alpha value is -4.86. The summed E-state index contributed by atoms with van der Waals surface area (Å²) < 4.78 is 23.6. The Kier molecular flexibility index (Phi) is 5.92.